The minimum atomic E-state index is -3.54. The molecule has 126 valence electrons. The largest absolute Gasteiger partial charge is 0.448 e. The highest BCUT2D eigenvalue weighted by atomic mass is 19.3. The molecule has 2 N–H and O–H groups in total. The molecule has 0 saturated carbocycles. The van der Waals surface area contributed by atoms with Gasteiger partial charge in [-0.25, -0.2) is 23.7 Å². The van der Waals surface area contributed by atoms with Crippen molar-refractivity contribution in [1.82, 2.24) is 9.97 Å². The van der Waals surface area contributed by atoms with Gasteiger partial charge < -0.3 is 10.5 Å². The van der Waals surface area contributed by atoms with Gasteiger partial charge in [-0.3, -0.25) is 0 Å². The van der Waals surface area contributed by atoms with Crippen molar-refractivity contribution in [3.8, 4) is 11.1 Å². The minimum Gasteiger partial charge on any atom is -0.448 e. The average molecular weight is 340 g/mol. The van der Waals surface area contributed by atoms with Crippen LogP contribution < -0.4 is 5.73 Å². The van der Waals surface area contributed by atoms with E-state index in [2.05, 4.69) is 15.0 Å². The molecule has 9 heteroatoms. The Morgan fingerprint density at radius 2 is 1.79 bits per heavy atom. The molecule has 0 radical (unpaired) electrons. The molecule has 0 amide bonds. The molecule has 0 unspecified atom stereocenters. The first-order valence-corrected chi connectivity index (χ1v) is 6.86. The number of aliphatic imine (C=N–C) groups is 1. The van der Waals surface area contributed by atoms with Gasteiger partial charge >= 0.3 is 5.92 Å². The standard InChI is InChI=1S/C15H12F4N4O/c1-14(15(18,19)6-23-13(20)24-14)10-2-9(11(16)3-12(10)17)8-4-21-7-22-5-8/h2-5,7H,6H2,1H3,(H2,20,23)/t14-/m1/s1. The third kappa shape index (κ3) is 2.45. The van der Waals surface area contributed by atoms with Gasteiger partial charge in [-0.1, -0.05) is 0 Å². The van der Waals surface area contributed by atoms with Crippen LogP contribution in [0.15, 0.2) is 35.8 Å². The number of hydrogen-bond donors (Lipinski definition) is 1. The van der Waals surface area contributed by atoms with Gasteiger partial charge in [0.1, 0.15) is 24.5 Å². The molecule has 3 rings (SSSR count). The molecule has 2 aromatic rings. The normalized spacial score (nSPS) is 22.6. The summed E-state index contributed by atoms with van der Waals surface area (Å²) in [5.74, 6) is -5.65. The van der Waals surface area contributed by atoms with Gasteiger partial charge in [0.15, 0.2) is 0 Å². The lowest BCUT2D eigenvalue weighted by molar-refractivity contribution is -0.173. The van der Waals surface area contributed by atoms with Crippen molar-refractivity contribution in [2.24, 2.45) is 10.7 Å². The Labute approximate surface area is 134 Å². The van der Waals surface area contributed by atoms with Crippen molar-refractivity contribution in [3.63, 3.8) is 0 Å². The van der Waals surface area contributed by atoms with Crippen LogP contribution in [0.4, 0.5) is 17.6 Å². The second-order valence-corrected chi connectivity index (χ2v) is 5.43. The first-order valence-electron chi connectivity index (χ1n) is 6.86. The van der Waals surface area contributed by atoms with Gasteiger partial charge in [-0.15, -0.1) is 0 Å². The summed E-state index contributed by atoms with van der Waals surface area (Å²) in [6, 6.07) is 0.983. The third-order valence-corrected chi connectivity index (χ3v) is 3.88. The lowest BCUT2D eigenvalue weighted by Gasteiger charge is -2.39. The van der Waals surface area contributed by atoms with Gasteiger partial charge in [0.25, 0.3) is 6.02 Å². The highest BCUT2D eigenvalue weighted by Gasteiger charge is 2.57. The number of halogens is 4. The Hall–Kier alpha value is -2.71. The summed E-state index contributed by atoms with van der Waals surface area (Å²) in [6.07, 6.45) is 3.79. The molecule has 24 heavy (non-hydrogen) atoms. The number of nitrogens with zero attached hydrogens (tertiary/aromatic N) is 3. The lowest BCUT2D eigenvalue weighted by Crippen LogP contribution is -2.53. The van der Waals surface area contributed by atoms with E-state index in [0.717, 1.165) is 13.0 Å². The van der Waals surface area contributed by atoms with Gasteiger partial charge in [0, 0.05) is 35.2 Å². The molecule has 1 aromatic carbocycles. The minimum absolute atomic E-state index is 0.131. The van der Waals surface area contributed by atoms with Crippen molar-refractivity contribution in [2.75, 3.05) is 6.54 Å². The Balaban J connectivity index is 2.20. The van der Waals surface area contributed by atoms with E-state index in [1.807, 2.05) is 0 Å². The van der Waals surface area contributed by atoms with Gasteiger partial charge in [0.2, 0.25) is 5.60 Å². The number of alkyl halides is 2. The van der Waals surface area contributed by atoms with E-state index < -0.39 is 41.3 Å². The van der Waals surface area contributed by atoms with Crippen molar-refractivity contribution in [3.05, 3.63) is 48.1 Å². The number of amidine groups is 1. The number of nitrogens with two attached hydrogens (primary N) is 1. The van der Waals surface area contributed by atoms with Crippen molar-refractivity contribution < 1.29 is 22.3 Å². The zero-order valence-electron chi connectivity index (χ0n) is 12.4. The van der Waals surface area contributed by atoms with Crippen molar-refractivity contribution in [1.29, 1.82) is 0 Å². The number of ether oxygens (including phenoxy) is 1. The molecule has 1 aliphatic rings. The van der Waals surface area contributed by atoms with Gasteiger partial charge in [0.05, 0.1) is 0 Å². The average Bonchev–Trinajstić information content (AvgIpc) is 2.52. The van der Waals surface area contributed by atoms with Crippen LogP contribution in [0.25, 0.3) is 11.1 Å². The summed E-state index contributed by atoms with van der Waals surface area (Å²) in [5.41, 5.74) is 2.49. The number of rotatable bonds is 2. The summed E-state index contributed by atoms with van der Waals surface area (Å²) in [5, 5.41) is 0. The highest BCUT2D eigenvalue weighted by molar-refractivity contribution is 5.73. The first kappa shape index (κ1) is 16.2. The molecule has 2 heterocycles. The fraction of sp³-hybridized carbons (Fsp3) is 0.267. The fourth-order valence-electron chi connectivity index (χ4n) is 2.47. The second kappa shape index (κ2) is 5.43. The maximum atomic E-state index is 14.4. The SMILES string of the molecule is C[C@]1(c2cc(-c3cncnc3)c(F)cc2F)OC(N)=NCC1(F)F. The number of benzene rings is 1. The van der Waals surface area contributed by atoms with E-state index in [1.165, 1.54) is 18.7 Å². The Morgan fingerprint density at radius 1 is 1.12 bits per heavy atom. The quantitative estimate of drug-likeness (QED) is 0.853. The number of aromatic nitrogens is 2. The van der Waals surface area contributed by atoms with Crippen LogP contribution in [0.5, 0.6) is 0 Å². The summed E-state index contributed by atoms with van der Waals surface area (Å²) >= 11 is 0. The van der Waals surface area contributed by atoms with E-state index in [1.54, 1.807) is 0 Å². The summed E-state index contributed by atoms with van der Waals surface area (Å²) in [7, 11) is 0. The number of hydrogen-bond acceptors (Lipinski definition) is 5. The molecule has 0 spiro atoms. The van der Waals surface area contributed by atoms with Crippen molar-refractivity contribution in [2.45, 2.75) is 18.4 Å². The third-order valence-electron chi connectivity index (χ3n) is 3.88. The van der Waals surface area contributed by atoms with E-state index in [-0.39, 0.29) is 11.1 Å². The Bertz CT molecular complexity index is 813. The molecule has 5 nitrogen and oxygen atoms in total. The highest BCUT2D eigenvalue weighted by Crippen LogP contribution is 2.45. The van der Waals surface area contributed by atoms with E-state index in [0.29, 0.717) is 6.07 Å². The van der Waals surface area contributed by atoms with Crippen LogP contribution in [-0.2, 0) is 10.3 Å². The summed E-state index contributed by atoms with van der Waals surface area (Å²) in [6.45, 7) is 0.0199. The smallest absolute Gasteiger partial charge is 0.310 e. The molecular weight excluding hydrogens is 328 g/mol. The summed E-state index contributed by atoms with van der Waals surface area (Å²) < 4.78 is 62.1. The van der Waals surface area contributed by atoms with E-state index in [9.17, 15) is 17.6 Å². The zero-order chi connectivity index (χ0) is 17.5. The second-order valence-electron chi connectivity index (χ2n) is 5.43. The van der Waals surface area contributed by atoms with Crippen LogP contribution in [0.2, 0.25) is 0 Å². The van der Waals surface area contributed by atoms with Crippen LogP contribution in [0.1, 0.15) is 12.5 Å². The van der Waals surface area contributed by atoms with Crippen LogP contribution in [-0.4, -0.2) is 28.5 Å². The van der Waals surface area contributed by atoms with E-state index >= 15 is 0 Å². The maximum Gasteiger partial charge on any atom is 0.310 e. The Kier molecular flexibility index (Phi) is 3.66. The maximum absolute atomic E-state index is 14.4. The molecule has 0 fully saturated rings. The molecule has 1 atom stereocenters. The predicted octanol–water partition coefficient (Wildman–Crippen LogP) is 2.62. The first-order chi connectivity index (χ1) is 11.2. The van der Waals surface area contributed by atoms with Crippen LogP contribution >= 0.6 is 0 Å². The molecule has 0 saturated heterocycles. The predicted molar refractivity (Wildman–Crippen MR) is 77.3 cm³/mol. The van der Waals surface area contributed by atoms with Gasteiger partial charge in [-0.2, -0.15) is 8.78 Å². The zero-order valence-corrected chi connectivity index (χ0v) is 12.4. The Morgan fingerprint density at radius 3 is 2.46 bits per heavy atom. The van der Waals surface area contributed by atoms with Crippen LogP contribution in [0, 0.1) is 11.6 Å². The fourth-order valence-corrected chi connectivity index (χ4v) is 2.47. The van der Waals surface area contributed by atoms with E-state index in [4.69, 9.17) is 10.5 Å². The molecule has 1 aliphatic heterocycles. The molecule has 0 aliphatic carbocycles. The monoisotopic (exact) mass is 340 g/mol. The van der Waals surface area contributed by atoms with Gasteiger partial charge in [-0.05, 0) is 13.0 Å². The molecule has 0 bridgehead atoms. The molecular formula is C15H12F4N4O. The van der Waals surface area contributed by atoms with Crippen molar-refractivity contribution >= 4 is 6.02 Å². The lowest BCUT2D eigenvalue weighted by atomic mass is 9.86. The summed E-state index contributed by atoms with van der Waals surface area (Å²) in [4.78, 5) is 10.8. The topological polar surface area (TPSA) is 73.4 Å². The molecule has 1 aromatic heterocycles. The van der Waals surface area contributed by atoms with Crippen LogP contribution in [0.3, 0.4) is 0 Å².